The second kappa shape index (κ2) is 6.30. The number of likely N-dealkylation sites (tertiary alicyclic amines) is 1. The maximum Gasteiger partial charge on any atom is 0.323 e. The number of carbonyl (C=O) groups is 1. The normalized spacial score (nSPS) is 20.0. The molecular weight excluding hydrogens is 322 g/mol. The van der Waals surface area contributed by atoms with Crippen LogP contribution < -0.4 is 10.9 Å². The molecule has 0 aromatic carbocycles. The van der Waals surface area contributed by atoms with Crippen molar-refractivity contribution in [3.05, 3.63) is 34.6 Å². The van der Waals surface area contributed by atoms with Crippen molar-refractivity contribution < 1.29 is 4.79 Å². The number of nitrogens with one attached hydrogen (secondary N) is 1. The minimum Gasteiger partial charge on any atom is -0.320 e. The van der Waals surface area contributed by atoms with Crippen molar-refractivity contribution in [2.45, 2.75) is 44.2 Å². The molecule has 0 radical (unpaired) electrons. The summed E-state index contributed by atoms with van der Waals surface area (Å²) in [4.78, 5) is 30.3. The zero-order chi connectivity index (χ0) is 17.4. The third-order valence-corrected chi connectivity index (χ3v) is 4.83. The van der Waals surface area contributed by atoms with E-state index >= 15 is 0 Å². The molecule has 2 fully saturated rings. The lowest BCUT2D eigenvalue weighted by Gasteiger charge is -2.24. The first kappa shape index (κ1) is 15.8. The summed E-state index contributed by atoms with van der Waals surface area (Å²) in [7, 11) is 1.63. The number of urea groups is 1. The van der Waals surface area contributed by atoms with Crippen LogP contribution in [0.1, 0.15) is 37.3 Å². The van der Waals surface area contributed by atoms with E-state index < -0.39 is 0 Å². The Kier molecular flexibility index (Phi) is 3.98. The van der Waals surface area contributed by atoms with Gasteiger partial charge in [-0.1, -0.05) is 5.21 Å². The minimum atomic E-state index is -0.322. The predicted molar refractivity (Wildman–Crippen MR) is 90.2 cm³/mol. The Morgan fingerprint density at radius 1 is 1.36 bits per heavy atom. The summed E-state index contributed by atoms with van der Waals surface area (Å²) in [5.74, 6) is 0.620. The van der Waals surface area contributed by atoms with Crippen molar-refractivity contribution in [2.75, 3.05) is 11.9 Å². The van der Waals surface area contributed by atoms with E-state index in [9.17, 15) is 9.59 Å². The van der Waals surface area contributed by atoms with Gasteiger partial charge in [-0.3, -0.25) is 14.8 Å². The lowest BCUT2D eigenvalue weighted by atomic mass is 10.2. The molecule has 1 aliphatic heterocycles. The highest BCUT2D eigenvalue weighted by atomic mass is 16.2. The number of carbonyl (C=O) groups excluding carboxylic acids is 1. The zero-order valence-electron chi connectivity index (χ0n) is 14.1. The van der Waals surface area contributed by atoms with Crippen molar-refractivity contribution in [2.24, 2.45) is 7.05 Å². The highest BCUT2D eigenvalue weighted by Gasteiger charge is 2.31. The number of hydrogen-bond donors (Lipinski definition) is 1. The molecule has 0 bridgehead atoms. The first-order chi connectivity index (χ1) is 12.1. The highest BCUT2D eigenvalue weighted by Crippen LogP contribution is 2.38. The van der Waals surface area contributed by atoms with Gasteiger partial charge in [0, 0.05) is 38.1 Å². The van der Waals surface area contributed by atoms with Crippen LogP contribution in [0.5, 0.6) is 0 Å². The van der Waals surface area contributed by atoms with Crippen LogP contribution in [0.25, 0.3) is 0 Å². The second-order valence-electron chi connectivity index (χ2n) is 6.75. The SMILES string of the molecule is Cn1ccnc(NC(=O)N2CCC[C@H]2Cn2cc(C3CC3)nn2)c1=O. The number of rotatable bonds is 4. The van der Waals surface area contributed by atoms with E-state index in [1.54, 1.807) is 18.1 Å². The van der Waals surface area contributed by atoms with E-state index in [1.807, 2.05) is 10.9 Å². The van der Waals surface area contributed by atoms with Gasteiger partial charge in [-0.15, -0.1) is 5.10 Å². The lowest BCUT2D eigenvalue weighted by Crippen LogP contribution is -2.42. The predicted octanol–water partition coefficient (Wildman–Crippen LogP) is 0.946. The Morgan fingerprint density at radius 2 is 2.20 bits per heavy atom. The third-order valence-electron chi connectivity index (χ3n) is 4.83. The molecule has 3 heterocycles. The third kappa shape index (κ3) is 3.26. The Balaban J connectivity index is 1.43. The van der Waals surface area contributed by atoms with Gasteiger partial charge in [-0.2, -0.15) is 0 Å². The molecule has 2 aromatic rings. The van der Waals surface area contributed by atoms with Crippen LogP contribution in [0.4, 0.5) is 10.6 Å². The minimum absolute atomic E-state index is 0.0429. The van der Waals surface area contributed by atoms with Gasteiger partial charge in [0.05, 0.1) is 18.3 Å². The van der Waals surface area contributed by atoms with Crippen LogP contribution in [0.3, 0.4) is 0 Å². The summed E-state index contributed by atoms with van der Waals surface area (Å²) < 4.78 is 3.21. The summed E-state index contributed by atoms with van der Waals surface area (Å²) in [5, 5.41) is 11.0. The van der Waals surface area contributed by atoms with Gasteiger partial charge in [-0.05, 0) is 25.7 Å². The zero-order valence-corrected chi connectivity index (χ0v) is 14.1. The smallest absolute Gasteiger partial charge is 0.320 e. The first-order valence-corrected chi connectivity index (χ1v) is 8.61. The number of aromatic nitrogens is 5. The van der Waals surface area contributed by atoms with Gasteiger partial charge in [0.15, 0.2) is 0 Å². The summed E-state index contributed by atoms with van der Waals surface area (Å²) in [6.07, 6.45) is 9.26. The lowest BCUT2D eigenvalue weighted by molar-refractivity contribution is 0.199. The van der Waals surface area contributed by atoms with Gasteiger partial charge in [0.2, 0.25) is 5.82 Å². The summed E-state index contributed by atoms with van der Waals surface area (Å²) >= 11 is 0. The molecule has 0 unspecified atom stereocenters. The number of nitrogens with zero attached hydrogens (tertiary/aromatic N) is 6. The summed E-state index contributed by atoms with van der Waals surface area (Å²) in [6, 6.07) is -0.248. The van der Waals surface area contributed by atoms with Gasteiger partial charge < -0.3 is 9.47 Å². The van der Waals surface area contributed by atoms with Crippen LogP contribution >= 0.6 is 0 Å². The molecule has 1 atom stereocenters. The van der Waals surface area contributed by atoms with Crippen LogP contribution in [0.2, 0.25) is 0 Å². The fourth-order valence-electron chi connectivity index (χ4n) is 3.23. The number of anilines is 1. The molecule has 132 valence electrons. The van der Waals surface area contributed by atoms with Gasteiger partial charge in [0.1, 0.15) is 0 Å². The molecule has 4 rings (SSSR count). The maximum atomic E-state index is 12.6. The second-order valence-corrected chi connectivity index (χ2v) is 6.75. The number of hydrogen-bond acceptors (Lipinski definition) is 5. The van der Waals surface area contributed by atoms with Crippen LogP contribution in [0.15, 0.2) is 23.4 Å². The van der Waals surface area contributed by atoms with Crippen LogP contribution in [-0.4, -0.2) is 48.1 Å². The molecule has 2 aliphatic rings. The van der Waals surface area contributed by atoms with E-state index in [0.29, 0.717) is 19.0 Å². The molecule has 1 N–H and O–H groups in total. The molecule has 2 aromatic heterocycles. The Hall–Kier alpha value is -2.71. The highest BCUT2D eigenvalue weighted by molar-refractivity contribution is 5.88. The van der Waals surface area contributed by atoms with Crippen LogP contribution in [-0.2, 0) is 13.6 Å². The molecular formula is C16H21N7O2. The fourth-order valence-corrected chi connectivity index (χ4v) is 3.23. The molecule has 0 spiro atoms. The molecule has 1 aliphatic carbocycles. The Bertz CT molecular complexity index is 839. The Morgan fingerprint density at radius 3 is 3.00 bits per heavy atom. The fraction of sp³-hybridized carbons (Fsp3) is 0.562. The maximum absolute atomic E-state index is 12.6. The first-order valence-electron chi connectivity index (χ1n) is 8.61. The number of amides is 2. The molecule has 25 heavy (non-hydrogen) atoms. The van der Waals surface area contributed by atoms with Gasteiger partial charge in [0.25, 0.3) is 5.56 Å². The standard InChI is InChI=1S/C16H21N7O2/c1-21-8-6-17-14(15(21)24)18-16(25)23-7-2-3-12(23)9-22-10-13(19-20-22)11-4-5-11/h6,8,10-12H,2-5,7,9H2,1H3,(H,17,18,25)/t12-/m0/s1. The van der Waals surface area contributed by atoms with Crippen molar-refractivity contribution in [3.63, 3.8) is 0 Å². The van der Waals surface area contributed by atoms with E-state index in [-0.39, 0.29) is 23.5 Å². The molecule has 1 saturated carbocycles. The average Bonchev–Trinajstić information content (AvgIpc) is 3.16. The topological polar surface area (TPSA) is 97.9 Å². The Labute approximate surface area is 144 Å². The molecule has 1 saturated heterocycles. The molecule has 9 heteroatoms. The van der Waals surface area contributed by atoms with Crippen LogP contribution in [0, 0.1) is 0 Å². The van der Waals surface area contributed by atoms with Gasteiger partial charge in [-0.25, -0.2) is 9.78 Å². The average molecular weight is 343 g/mol. The van der Waals surface area contributed by atoms with Crippen molar-refractivity contribution in [1.29, 1.82) is 0 Å². The summed E-state index contributed by atoms with van der Waals surface area (Å²) in [6.45, 7) is 1.28. The summed E-state index contributed by atoms with van der Waals surface area (Å²) in [5.41, 5.74) is 0.725. The van der Waals surface area contributed by atoms with Gasteiger partial charge >= 0.3 is 6.03 Å². The number of aryl methyl sites for hydroxylation is 1. The largest absolute Gasteiger partial charge is 0.323 e. The quantitative estimate of drug-likeness (QED) is 0.891. The van der Waals surface area contributed by atoms with Crippen molar-refractivity contribution in [1.82, 2.24) is 29.4 Å². The van der Waals surface area contributed by atoms with Crippen molar-refractivity contribution in [3.8, 4) is 0 Å². The molecule has 2 amide bonds. The van der Waals surface area contributed by atoms with Crippen molar-refractivity contribution >= 4 is 11.8 Å². The van der Waals surface area contributed by atoms with E-state index in [2.05, 4.69) is 20.6 Å². The van der Waals surface area contributed by atoms with E-state index in [4.69, 9.17) is 0 Å². The van der Waals surface area contributed by atoms with E-state index in [1.165, 1.54) is 23.6 Å². The molecule has 9 nitrogen and oxygen atoms in total. The monoisotopic (exact) mass is 343 g/mol. The van der Waals surface area contributed by atoms with E-state index in [0.717, 1.165) is 18.5 Å².